The Hall–Kier alpha value is -1.55. The van der Waals surface area contributed by atoms with Crippen molar-refractivity contribution in [3.05, 3.63) is 34.2 Å². The quantitative estimate of drug-likeness (QED) is 0.775. The second kappa shape index (κ2) is 3.55. The SMILES string of the molecule is Cc1ccc2[nH]c(=O)n(C(C)CO)c2c1. The third-order valence-electron chi connectivity index (χ3n) is 2.58. The number of rotatable bonds is 2. The number of H-pyrrole nitrogens is 1. The Balaban J connectivity index is 2.76. The fraction of sp³-hybridized carbons (Fsp3) is 0.364. The average molecular weight is 206 g/mol. The molecule has 0 amide bonds. The molecule has 0 saturated heterocycles. The predicted molar refractivity (Wildman–Crippen MR) is 59.1 cm³/mol. The summed E-state index contributed by atoms with van der Waals surface area (Å²) in [6.45, 7) is 3.75. The summed E-state index contributed by atoms with van der Waals surface area (Å²) < 4.78 is 1.59. The molecule has 0 aliphatic heterocycles. The van der Waals surface area contributed by atoms with Gasteiger partial charge in [-0.15, -0.1) is 0 Å². The summed E-state index contributed by atoms with van der Waals surface area (Å²) in [5, 5.41) is 9.09. The molecule has 4 nitrogen and oxygen atoms in total. The van der Waals surface area contributed by atoms with E-state index in [1.807, 2.05) is 32.0 Å². The highest BCUT2D eigenvalue weighted by Crippen LogP contribution is 2.15. The normalized spacial score (nSPS) is 13.3. The molecule has 0 aliphatic rings. The summed E-state index contributed by atoms with van der Waals surface area (Å²) in [6.07, 6.45) is 0. The van der Waals surface area contributed by atoms with E-state index in [4.69, 9.17) is 5.11 Å². The number of aromatic nitrogens is 2. The number of hydrogen-bond donors (Lipinski definition) is 2. The Morgan fingerprint density at radius 2 is 2.27 bits per heavy atom. The molecular formula is C11H14N2O2. The lowest BCUT2D eigenvalue weighted by Gasteiger charge is -2.09. The molecule has 0 radical (unpaired) electrons. The van der Waals surface area contributed by atoms with Crippen LogP contribution in [0.25, 0.3) is 11.0 Å². The Morgan fingerprint density at radius 3 is 2.93 bits per heavy atom. The number of hydrogen-bond acceptors (Lipinski definition) is 2. The molecule has 15 heavy (non-hydrogen) atoms. The molecule has 1 aromatic carbocycles. The van der Waals surface area contributed by atoms with E-state index in [-0.39, 0.29) is 18.3 Å². The van der Waals surface area contributed by atoms with Crippen molar-refractivity contribution in [1.82, 2.24) is 9.55 Å². The first kappa shape index (κ1) is 9.98. The first-order valence-electron chi connectivity index (χ1n) is 4.95. The monoisotopic (exact) mass is 206 g/mol. The van der Waals surface area contributed by atoms with Gasteiger partial charge in [-0.1, -0.05) is 6.07 Å². The van der Waals surface area contributed by atoms with Gasteiger partial charge in [-0.2, -0.15) is 0 Å². The lowest BCUT2D eigenvalue weighted by atomic mass is 10.2. The van der Waals surface area contributed by atoms with E-state index in [0.717, 1.165) is 16.6 Å². The van der Waals surface area contributed by atoms with Gasteiger partial charge < -0.3 is 10.1 Å². The summed E-state index contributed by atoms with van der Waals surface area (Å²) in [5.41, 5.74) is 2.59. The maximum absolute atomic E-state index is 11.6. The van der Waals surface area contributed by atoms with Gasteiger partial charge in [0.1, 0.15) is 0 Å². The Kier molecular flexibility index (Phi) is 2.36. The number of imidazole rings is 1. The van der Waals surface area contributed by atoms with Crippen molar-refractivity contribution in [2.24, 2.45) is 0 Å². The van der Waals surface area contributed by atoms with Crippen LogP contribution in [-0.2, 0) is 0 Å². The van der Waals surface area contributed by atoms with Gasteiger partial charge in [0.15, 0.2) is 0 Å². The summed E-state index contributed by atoms with van der Waals surface area (Å²) in [5.74, 6) is 0. The molecule has 2 aromatic rings. The van der Waals surface area contributed by atoms with Crippen LogP contribution in [0.2, 0.25) is 0 Å². The van der Waals surface area contributed by atoms with Crippen molar-refractivity contribution in [3.63, 3.8) is 0 Å². The molecule has 1 aromatic heterocycles. The third-order valence-corrected chi connectivity index (χ3v) is 2.58. The van der Waals surface area contributed by atoms with E-state index < -0.39 is 0 Å². The highest BCUT2D eigenvalue weighted by Gasteiger charge is 2.11. The highest BCUT2D eigenvalue weighted by atomic mass is 16.3. The Labute approximate surface area is 87.2 Å². The topological polar surface area (TPSA) is 58.0 Å². The smallest absolute Gasteiger partial charge is 0.326 e. The van der Waals surface area contributed by atoms with Crippen LogP contribution in [-0.4, -0.2) is 21.3 Å². The number of benzene rings is 1. The highest BCUT2D eigenvalue weighted by molar-refractivity contribution is 5.76. The largest absolute Gasteiger partial charge is 0.394 e. The van der Waals surface area contributed by atoms with E-state index in [0.29, 0.717) is 0 Å². The average Bonchev–Trinajstić information content (AvgIpc) is 2.52. The molecule has 0 saturated carbocycles. The van der Waals surface area contributed by atoms with E-state index in [9.17, 15) is 4.79 Å². The first-order valence-corrected chi connectivity index (χ1v) is 4.95. The third kappa shape index (κ3) is 1.57. The fourth-order valence-electron chi connectivity index (χ4n) is 1.75. The van der Waals surface area contributed by atoms with Crippen LogP contribution in [0, 0.1) is 6.92 Å². The first-order chi connectivity index (χ1) is 7.13. The Morgan fingerprint density at radius 1 is 1.53 bits per heavy atom. The lowest BCUT2D eigenvalue weighted by Crippen LogP contribution is -2.22. The molecule has 2 N–H and O–H groups in total. The molecule has 2 rings (SSSR count). The van der Waals surface area contributed by atoms with Crippen molar-refractivity contribution < 1.29 is 5.11 Å². The molecule has 1 unspecified atom stereocenters. The van der Waals surface area contributed by atoms with Crippen molar-refractivity contribution >= 4 is 11.0 Å². The standard InChI is InChI=1S/C11H14N2O2/c1-7-3-4-9-10(5-7)13(8(2)6-14)11(15)12-9/h3-5,8,14H,6H2,1-2H3,(H,12,15). The maximum Gasteiger partial charge on any atom is 0.326 e. The second-order valence-electron chi connectivity index (χ2n) is 3.85. The van der Waals surface area contributed by atoms with Crippen molar-refractivity contribution in [2.45, 2.75) is 19.9 Å². The molecule has 1 atom stereocenters. The molecule has 0 bridgehead atoms. The minimum absolute atomic E-state index is 0.0409. The molecule has 1 heterocycles. The van der Waals surface area contributed by atoms with Crippen LogP contribution in [0.1, 0.15) is 18.5 Å². The van der Waals surface area contributed by atoms with E-state index >= 15 is 0 Å². The van der Waals surface area contributed by atoms with E-state index in [2.05, 4.69) is 4.98 Å². The van der Waals surface area contributed by atoms with Gasteiger partial charge in [0, 0.05) is 0 Å². The molecule has 80 valence electrons. The fourth-order valence-corrected chi connectivity index (χ4v) is 1.75. The lowest BCUT2D eigenvalue weighted by molar-refractivity contribution is 0.239. The van der Waals surface area contributed by atoms with Crippen molar-refractivity contribution in [3.8, 4) is 0 Å². The van der Waals surface area contributed by atoms with Gasteiger partial charge in [-0.3, -0.25) is 4.57 Å². The second-order valence-corrected chi connectivity index (χ2v) is 3.85. The minimum atomic E-state index is -0.201. The van der Waals surface area contributed by atoms with Gasteiger partial charge in [0.05, 0.1) is 23.7 Å². The number of aromatic amines is 1. The van der Waals surface area contributed by atoms with Gasteiger partial charge in [0.25, 0.3) is 0 Å². The summed E-state index contributed by atoms with van der Waals surface area (Å²) in [7, 11) is 0. The van der Waals surface area contributed by atoms with Crippen molar-refractivity contribution in [1.29, 1.82) is 0 Å². The van der Waals surface area contributed by atoms with Gasteiger partial charge in [-0.25, -0.2) is 4.79 Å². The molecule has 0 fully saturated rings. The summed E-state index contributed by atoms with van der Waals surface area (Å²) >= 11 is 0. The number of aliphatic hydroxyl groups excluding tert-OH is 1. The summed E-state index contributed by atoms with van der Waals surface area (Å²) in [6, 6.07) is 5.58. The van der Waals surface area contributed by atoms with Gasteiger partial charge in [-0.05, 0) is 31.5 Å². The van der Waals surface area contributed by atoms with E-state index in [1.54, 1.807) is 4.57 Å². The Bertz CT molecular complexity index is 539. The maximum atomic E-state index is 11.6. The molecule has 4 heteroatoms. The van der Waals surface area contributed by atoms with Crippen LogP contribution < -0.4 is 5.69 Å². The van der Waals surface area contributed by atoms with Crippen LogP contribution in [0.15, 0.2) is 23.0 Å². The zero-order valence-electron chi connectivity index (χ0n) is 8.82. The van der Waals surface area contributed by atoms with Gasteiger partial charge in [0.2, 0.25) is 0 Å². The minimum Gasteiger partial charge on any atom is -0.394 e. The van der Waals surface area contributed by atoms with Crippen LogP contribution in [0.5, 0.6) is 0 Å². The number of aryl methyl sites for hydroxylation is 1. The zero-order chi connectivity index (χ0) is 11.0. The molecule has 0 spiro atoms. The van der Waals surface area contributed by atoms with Gasteiger partial charge >= 0.3 is 5.69 Å². The molecule has 0 aliphatic carbocycles. The number of aliphatic hydroxyl groups is 1. The number of nitrogens with one attached hydrogen (secondary N) is 1. The van der Waals surface area contributed by atoms with E-state index in [1.165, 1.54) is 0 Å². The van der Waals surface area contributed by atoms with Crippen LogP contribution in [0.3, 0.4) is 0 Å². The van der Waals surface area contributed by atoms with Crippen molar-refractivity contribution in [2.75, 3.05) is 6.61 Å². The predicted octanol–water partition coefficient (Wildman–Crippen LogP) is 1.19. The summed E-state index contributed by atoms with van der Waals surface area (Å²) in [4.78, 5) is 14.4. The number of nitrogens with zero attached hydrogens (tertiary/aromatic N) is 1. The van der Waals surface area contributed by atoms with Crippen LogP contribution >= 0.6 is 0 Å². The molecular weight excluding hydrogens is 192 g/mol. The zero-order valence-corrected chi connectivity index (χ0v) is 8.82. The number of fused-ring (bicyclic) bond motifs is 1. The van der Waals surface area contributed by atoms with Crippen LogP contribution in [0.4, 0.5) is 0 Å².